The summed E-state index contributed by atoms with van der Waals surface area (Å²) in [6.45, 7) is 4.00. The number of imidazole rings is 1. The molecule has 0 spiro atoms. The maximum atomic E-state index is 10.6. The molecular formula is C22H17F3N6O3. The summed E-state index contributed by atoms with van der Waals surface area (Å²) in [5.41, 5.74) is 4.88. The van der Waals surface area contributed by atoms with Crippen LogP contribution in [0.2, 0.25) is 0 Å². The van der Waals surface area contributed by atoms with Crippen LogP contribution in [0.5, 0.6) is 11.6 Å². The number of carboxylic acid groups (broad SMARTS) is 1. The van der Waals surface area contributed by atoms with Crippen LogP contribution >= 0.6 is 0 Å². The Bertz CT molecular complexity index is 1490. The van der Waals surface area contributed by atoms with E-state index in [1.165, 1.54) is 0 Å². The number of aliphatic carboxylic acids is 1. The number of nitrogens with zero attached hydrogens (tertiary/aromatic N) is 6. The van der Waals surface area contributed by atoms with Crippen molar-refractivity contribution >= 4 is 17.3 Å². The maximum absolute atomic E-state index is 10.6. The fourth-order valence-electron chi connectivity index (χ4n) is 3.31. The standard InChI is InChI=1S/C20H16N6O.C2HF3O2/c1-13-12-15(27-19-17-4-3-9-25(17)10-7-21-19)5-6-16(13)18-14(2)23-24-20-22-8-11-26(18)20;3-2(4,5)1(6)7/h3-12H,1-2H3;(H,6,7). The second-order valence-electron chi connectivity index (χ2n) is 7.15. The molecule has 0 bridgehead atoms. The van der Waals surface area contributed by atoms with E-state index in [0.717, 1.165) is 33.8 Å². The molecule has 4 heterocycles. The molecule has 5 rings (SSSR count). The summed E-state index contributed by atoms with van der Waals surface area (Å²) in [6.07, 6.45) is 4.13. The Balaban J connectivity index is 0.000000344. The molecule has 0 radical (unpaired) electrons. The molecule has 1 aromatic carbocycles. The Labute approximate surface area is 190 Å². The number of aromatic nitrogens is 6. The maximum Gasteiger partial charge on any atom is 0.490 e. The van der Waals surface area contributed by atoms with E-state index in [4.69, 9.17) is 14.6 Å². The van der Waals surface area contributed by atoms with Gasteiger partial charge in [-0.2, -0.15) is 13.2 Å². The average Bonchev–Trinajstić information content (AvgIpc) is 3.44. The number of hydrogen-bond donors (Lipinski definition) is 1. The van der Waals surface area contributed by atoms with Gasteiger partial charge in [-0.3, -0.25) is 4.40 Å². The molecule has 174 valence electrons. The molecule has 34 heavy (non-hydrogen) atoms. The summed E-state index contributed by atoms with van der Waals surface area (Å²) in [4.78, 5) is 17.5. The third-order valence-electron chi connectivity index (χ3n) is 4.82. The molecule has 0 aliphatic rings. The van der Waals surface area contributed by atoms with Crippen molar-refractivity contribution in [2.75, 3.05) is 0 Å². The normalized spacial score (nSPS) is 11.3. The SMILES string of the molecule is Cc1cc(Oc2nccn3cccc23)ccc1-c1c(C)nnc2nccn12.O=C(O)C(F)(F)F. The number of hydrogen-bond acceptors (Lipinski definition) is 6. The van der Waals surface area contributed by atoms with Crippen molar-refractivity contribution in [3.63, 3.8) is 0 Å². The van der Waals surface area contributed by atoms with Gasteiger partial charge in [-0.05, 0) is 49.7 Å². The molecule has 0 atom stereocenters. The van der Waals surface area contributed by atoms with E-state index in [9.17, 15) is 13.2 Å². The third-order valence-corrected chi connectivity index (χ3v) is 4.82. The fourth-order valence-corrected chi connectivity index (χ4v) is 3.31. The largest absolute Gasteiger partial charge is 0.490 e. The molecule has 5 aromatic rings. The number of fused-ring (bicyclic) bond motifs is 2. The first-order chi connectivity index (χ1) is 16.1. The van der Waals surface area contributed by atoms with Crippen molar-refractivity contribution < 1.29 is 27.8 Å². The predicted octanol–water partition coefficient (Wildman–Crippen LogP) is 4.48. The second-order valence-corrected chi connectivity index (χ2v) is 7.15. The first kappa shape index (κ1) is 22.7. The molecule has 0 amide bonds. The average molecular weight is 470 g/mol. The smallest absolute Gasteiger partial charge is 0.475 e. The number of ether oxygens (including phenoxy) is 1. The molecule has 1 N–H and O–H groups in total. The van der Waals surface area contributed by atoms with Crippen LogP contribution in [0.4, 0.5) is 13.2 Å². The highest BCUT2D eigenvalue weighted by Gasteiger charge is 2.38. The van der Waals surface area contributed by atoms with Gasteiger partial charge >= 0.3 is 12.1 Å². The topological polar surface area (TPSA) is 107 Å². The zero-order chi connectivity index (χ0) is 24.5. The third kappa shape index (κ3) is 4.51. The van der Waals surface area contributed by atoms with Gasteiger partial charge in [-0.1, -0.05) is 0 Å². The van der Waals surface area contributed by atoms with E-state index in [2.05, 4.69) is 27.1 Å². The molecule has 0 aliphatic carbocycles. The molecule has 9 nitrogen and oxygen atoms in total. The summed E-state index contributed by atoms with van der Waals surface area (Å²) in [5, 5.41) is 15.5. The second kappa shape index (κ2) is 8.81. The number of carbonyl (C=O) groups is 1. The van der Waals surface area contributed by atoms with Crippen LogP contribution in [0, 0.1) is 13.8 Å². The lowest BCUT2D eigenvalue weighted by atomic mass is 10.0. The van der Waals surface area contributed by atoms with Crippen LogP contribution in [0.25, 0.3) is 22.6 Å². The number of halogens is 3. The minimum atomic E-state index is -5.08. The minimum Gasteiger partial charge on any atom is -0.475 e. The van der Waals surface area contributed by atoms with E-state index < -0.39 is 12.1 Å². The highest BCUT2D eigenvalue weighted by Crippen LogP contribution is 2.31. The number of benzene rings is 1. The van der Waals surface area contributed by atoms with Gasteiger partial charge in [-0.25, -0.2) is 14.8 Å². The van der Waals surface area contributed by atoms with Crippen molar-refractivity contribution in [2.24, 2.45) is 0 Å². The molecular weight excluding hydrogens is 453 g/mol. The van der Waals surface area contributed by atoms with Crippen LogP contribution in [0.15, 0.2) is 61.3 Å². The monoisotopic (exact) mass is 470 g/mol. The summed E-state index contributed by atoms with van der Waals surface area (Å²) in [6, 6.07) is 9.93. The number of aryl methyl sites for hydroxylation is 2. The van der Waals surface area contributed by atoms with Crippen LogP contribution < -0.4 is 4.74 Å². The van der Waals surface area contributed by atoms with E-state index in [-0.39, 0.29) is 0 Å². The van der Waals surface area contributed by atoms with Crippen molar-refractivity contribution in [1.82, 2.24) is 29.0 Å². The highest BCUT2D eigenvalue weighted by atomic mass is 19.4. The first-order valence-corrected chi connectivity index (χ1v) is 9.82. The van der Waals surface area contributed by atoms with Crippen molar-refractivity contribution in [3.8, 4) is 22.9 Å². The van der Waals surface area contributed by atoms with Gasteiger partial charge in [0.15, 0.2) is 0 Å². The Morgan fingerprint density at radius 2 is 1.76 bits per heavy atom. The first-order valence-electron chi connectivity index (χ1n) is 9.82. The highest BCUT2D eigenvalue weighted by molar-refractivity contribution is 5.73. The van der Waals surface area contributed by atoms with Gasteiger partial charge in [0.2, 0.25) is 5.88 Å². The Morgan fingerprint density at radius 1 is 1.03 bits per heavy atom. The summed E-state index contributed by atoms with van der Waals surface area (Å²) < 4.78 is 41.7. The van der Waals surface area contributed by atoms with Gasteiger partial charge in [0.1, 0.15) is 11.3 Å². The zero-order valence-corrected chi connectivity index (χ0v) is 17.9. The van der Waals surface area contributed by atoms with E-state index in [0.29, 0.717) is 11.7 Å². The minimum absolute atomic E-state index is 0.577. The fraction of sp³-hybridized carbons (Fsp3) is 0.136. The van der Waals surface area contributed by atoms with Gasteiger partial charge in [0.05, 0.1) is 11.4 Å². The van der Waals surface area contributed by atoms with Gasteiger partial charge in [-0.15, -0.1) is 10.2 Å². The lowest BCUT2D eigenvalue weighted by molar-refractivity contribution is -0.192. The molecule has 0 saturated heterocycles. The van der Waals surface area contributed by atoms with Gasteiger partial charge in [0.25, 0.3) is 5.78 Å². The lowest BCUT2D eigenvalue weighted by Gasteiger charge is -2.13. The van der Waals surface area contributed by atoms with Crippen molar-refractivity contribution in [3.05, 3.63) is 72.6 Å². The Kier molecular flexibility index (Phi) is 5.88. The summed E-state index contributed by atoms with van der Waals surface area (Å²) >= 11 is 0. The van der Waals surface area contributed by atoms with Crippen molar-refractivity contribution in [2.45, 2.75) is 20.0 Å². The van der Waals surface area contributed by atoms with E-state index in [1.54, 1.807) is 12.4 Å². The summed E-state index contributed by atoms with van der Waals surface area (Å²) in [5.74, 6) is -0.861. The number of carboxylic acids is 1. The number of alkyl halides is 3. The molecule has 0 aliphatic heterocycles. The van der Waals surface area contributed by atoms with Crippen LogP contribution in [-0.4, -0.2) is 46.2 Å². The molecule has 0 fully saturated rings. The van der Waals surface area contributed by atoms with Crippen LogP contribution in [0.3, 0.4) is 0 Å². The van der Waals surface area contributed by atoms with Crippen molar-refractivity contribution in [1.29, 1.82) is 0 Å². The number of rotatable bonds is 3. The lowest BCUT2D eigenvalue weighted by Crippen LogP contribution is -2.21. The van der Waals surface area contributed by atoms with Crippen LogP contribution in [-0.2, 0) is 4.79 Å². The molecule has 0 saturated carbocycles. The quantitative estimate of drug-likeness (QED) is 0.414. The van der Waals surface area contributed by atoms with Gasteiger partial charge < -0.3 is 14.2 Å². The zero-order valence-electron chi connectivity index (χ0n) is 17.9. The molecule has 12 heteroatoms. The molecule has 4 aromatic heterocycles. The van der Waals surface area contributed by atoms with E-state index in [1.807, 2.05) is 64.6 Å². The molecule has 0 unspecified atom stereocenters. The van der Waals surface area contributed by atoms with Gasteiger partial charge in [0, 0.05) is 36.5 Å². The predicted molar refractivity (Wildman–Crippen MR) is 115 cm³/mol. The van der Waals surface area contributed by atoms with Crippen LogP contribution in [0.1, 0.15) is 11.3 Å². The van der Waals surface area contributed by atoms with E-state index >= 15 is 0 Å². The Hall–Kier alpha value is -4.48. The summed E-state index contributed by atoms with van der Waals surface area (Å²) in [7, 11) is 0. The Morgan fingerprint density at radius 3 is 2.47 bits per heavy atom.